The van der Waals surface area contributed by atoms with Crippen LogP contribution in [-0.4, -0.2) is 52.1 Å². The number of morpholine rings is 1. The summed E-state index contributed by atoms with van der Waals surface area (Å²) < 4.78 is 32.4. The average Bonchev–Trinajstić information content (AvgIpc) is 2.47. The number of hydrogen-bond acceptors (Lipinski definition) is 5. The van der Waals surface area contributed by atoms with Gasteiger partial charge in [0, 0.05) is 19.6 Å². The van der Waals surface area contributed by atoms with Crippen molar-refractivity contribution in [1.82, 2.24) is 9.62 Å². The topological polar surface area (TPSA) is 82.4 Å². The van der Waals surface area contributed by atoms with Crippen molar-refractivity contribution in [3.63, 3.8) is 0 Å². The highest BCUT2D eigenvalue weighted by Gasteiger charge is 2.31. The van der Waals surface area contributed by atoms with Gasteiger partial charge in [-0.1, -0.05) is 0 Å². The van der Waals surface area contributed by atoms with E-state index in [4.69, 9.17) is 10.00 Å². The van der Waals surface area contributed by atoms with Crippen LogP contribution in [0.4, 0.5) is 0 Å². The zero-order valence-corrected chi connectivity index (χ0v) is 13.0. The van der Waals surface area contributed by atoms with Crippen LogP contribution in [0.3, 0.4) is 0 Å². The molecule has 0 bridgehead atoms. The van der Waals surface area contributed by atoms with E-state index in [2.05, 4.69) is 5.32 Å². The lowest BCUT2D eigenvalue weighted by Crippen LogP contribution is -2.48. The fraction of sp³-hybridized carbons (Fsp3) is 0.500. The van der Waals surface area contributed by atoms with Gasteiger partial charge in [0.2, 0.25) is 10.0 Å². The van der Waals surface area contributed by atoms with Gasteiger partial charge in [-0.2, -0.15) is 9.57 Å². The van der Waals surface area contributed by atoms with Crippen molar-refractivity contribution < 1.29 is 13.2 Å². The zero-order chi connectivity index (χ0) is 15.5. The molecule has 0 aromatic heterocycles. The normalized spacial score (nSPS) is 20.1. The number of nitriles is 1. The van der Waals surface area contributed by atoms with Gasteiger partial charge in [-0.25, -0.2) is 8.42 Å². The van der Waals surface area contributed by atoms with Gasteiger partial charge < -0.3 is 10.1 Å². The number of benzene rings is 1. The fourth-order valence-electron chi connectivity index (χ4n) is 2.41. The summed E-state index contributed by atoms with van der Waals surface area (Å²) in [5, 5.41) is 11.9. The van der Waals surface area contributed by atoms with Crippen LogP contribution in [0.15, 0.2) is 23.1 Å². The van der Waals surface area contributed by atoms with E-state index < -0.39 is 10.0 Å². The molecule has 1 atom stereocenters. The molecule has 1 fully saturated rings. The van der Waals surface area contributed by atoms with Crippen LogP contribution < -0.4 is 5.32 Å². The average molecular weight is 309 g/mol. The van der Waals surface area contributed by atoms with Crippen molar-refractivity contribution in [2.45, 2.75) is 17.9 Å². The molecular weight excluding hydrogens is 290 g/mol. The molecule has 0 radical (unpaired) electrons. The minimum atomic E-state index is -3.55. The maximum atomic E-state index is 12.7. The Labute approximate surface area is 125 Å². The lowest BCUT2D eigenvalue weighted by atomic mass is 10.2. The summed E-state index contributed by atoms with van der Waals surface area (Å²) in [6.07, 6.45) is -0.141. The van der Waals surface area contributed by atoms with E-state index in [-0.39, 0.29) is 11.0 Å². The van der Waals surface area contributed by atoms with Gasteiger partial charge in [0.15, 0.2) is 0 Å². The maximum absolute atomic E-state index is 12.7. The third-order valence-corrected chi connectivity index (χ3v) is 5.48. The first-order valence-corrected chi connectivity index (χ1v) is 8.20. The van der Waals surface area contributed by atoms with E-state index in [0.29, 0.717) is 37.4 Å². The summed E-state index contributed by atoms with van der Waals surface area (Å²) >= 11 is 0. The summed E-state index contributed by atoms with van der Waals surface area (Å²) in [4.78, 5) is 0.256. The molecule has 1 unspecified atom stereocenters. The SMILES string of the molecule is CNCC1CN(S(=O)(=O)c2ccc(C#N)cc2C)CCO1. The van der Waals surface area contributed by atoms with Crippen LogP contribution in [0.25, 0.3) is 0 Å². The number of nitrogens with zero attached hydrogens (tertiary/aromatic N) is 2. The van der Waals surface area contributed by atoms with E-state index >= 15 is 0 Å². The summed E-state index contributed by atoms with van der Waals surface area (Å²) in [7, 11) is -1.75. The molecule has 6 nitrogen and oxygen atoms in total. The van der Waals surface area contributed by atoms with Crippen LogP contribution >= 0.6 is 0 Å². The Hall–Kier alpha value is -1.46. The largest absolute Gasteiger partial charge is 0.374 e. The molecule has 0 saturated carbocycles. The number of rotatable bonds is 4. The van der Waals surface area contributed by atoms with Gasteiger partial charge in [0.25, 0.3) is 0 Å². The number of nitrogens with one attached hydrogen (secondary N) is 1. The Morgan fingerprint density at radius 1 is 1.52 bits per heavy atom. The van der Waals surface area contributed by atoms with Crippen LogP contribution in [0.2, 0.25) is 0 Å². The minimum absolute atomic E-state index is 0.141. The quantitative estimate of drug-likeness (QED) is 0.874. The van der Waals surface area contributed by atoms with E-state index in [0.717, 1.165) is 0 Å². The van der Waals surface area contributed by atoms with Gasteiger partial charge in [-0.15, -0.1) is 0 Å². The minimum Gasteiger partial charge on any atom is -0.374 e. The first-order valence-electron chi connectivity index (χ1n) is 6.76. The lowest BCUT2D eigenvalue weighted by molar-refractivity contribution is 0.000813. The molecule has 2 rings (SSSR count). The van der Waals surface area contributed by atoms with Gasteiger partial charge in [0.05, 0.1) is 29.2 Å². The van der Waals surface area contributed by atoms with Gasteiger partial charge in [-0.05, 0) is 37.7 Å². The summed E-state index contributed by atoms with van der Waals surface area (Å²) in [6.45, 7) is 3.39. The second-order valence-corrected chi connectivity index (χ2v) is 6.91. The summed E-state index contributed by atoms with van der Waals surface area (Å²) in [5.74, 6) is 0. The van der Waals surface area contributed by atoms with Crippen molar-refractivity contribution in [2.24, 2.45) is 0 Å². The molecule has 0 aliphatic carbocycles. The van der Waals surface area contributed by atoms with Crippen molar-refractivity contribution >= 4 is 10.0 Å². The number of ether oxygens (including phenoxy) is 1. The third-order valence-electron chi connectivity index (χ3n) is 3.46. The highest BCUT2D eigenvalue weighted by Crippen LogP contribution is 2.22. The van der Waals surface area contributed by atoms with Crippen molar-refractivity contribution in [1.29, 1.82) is 5.26 Å². The maximum Gasteiger partial charge on any atom is 0.243 e. The highest BCUT2D eigenvalue weighted by molar-refractivity contribution is 7.89. The molecular formula is C14H19N3O3S. The molecule has 1 aromatic rings. The van der Waals surface area contributed by atoms with Crippen LogP contribution in [0.5, 0.6) is 0 Å². The van der Waals surface area contributed by atoms with Crippen LogP contribution in [0.1, 0.15) is 11.1 Å². The second kappa shape index (κ2) is 6.54. The second-order valence-electron chi connectivity index (χ2n) is 5.01. The Balaban J connectivity index is 2.27. The molecule has 1 aliphatic heterocycles. The molecule has 1 heterocycles. The molecule has 114 valence electrons. The Bertz CT molecular complexity index is 650. The Morgan fingerprint density at radius 2 is 2.29 bits per heavy atom. The Morgan fingerprint density at radius 3 is 2.90 bits per heavy atom. The van der Waals surface area contributed by atoms with Crippen molar-refractivity contribution in [3.05, 3.63) is 29.3 Å². The van der Waals surface area contributed by atoms with Crippen molar-refractivity contribution in [2.75, 3.05) is 33.3 Å². The van der Waals surface area contributed by atoms with Gasteiger partial charge in [-0.3, -0.25) is 0 Å². The lowest BCUT2D eigenvalue weighted by Gasteiger charge is -2.32. The molecule has 1 N–H and O–H groups in total. The van der Waals surface area contributed by atoms with Crippen LogP contribution in [0, 0.1) is 18.3 Å². The third kappa shape index (κ3) is 3.41. The van der Waals surface area contributed by atoms with E-state index in [1.807, 2.05) is 13.1 Å². The molecule has 1 saturated heterocycles. The zero-order valence-electron chi connectivity index (χ0n) is 12.2. The van der Waals surface area contributed by atoms with E-state index in [1.54, 1.807) is 13.0 Å². The van der Waals surface area contributed by atoms with Gasteiger partial charge in [0.1, 0.15) is 0 Å². The fourth-order valence-corrected chi connectivity index (χ4v) is 4.07. The molecule has 0 amide bonds. The Kier molecular flexibility index (Phi) is 4.96. The van der Waals surface area contributed by atoms with Crippen molar-refractivity contribution in [3.8, 4) is 6.07 Å². The van der Waals surface area contributed by atoms with Gasteiger partial charge >= 0.3 is 0 Å². The molecule has 1 aliphatic rings. The first kappa shape index (κ1) is 15.9. The molecule has 21 heavy (non-hydrogen) atoms. The number of hydrogen-bond donors (Lipinski definition) is 1. The van der Waals surface area contributed by atoms with Crippen LogP contribution in [-0.2, 0) is 14.8 Å². The summed E-state index contributed by atoms with van der Waals surface area (Å²) in [5.41, 5.74) is 1.05. The molecule has 1 aromatic carbocycles. The standard InChI is InChI=1S/C14H19N3O3S/c1-11-7-12(8-15)3-4-14(11)21(18,19)17-5-6-20-13(10-17)9-16-2/h3-4,7,13,16H,5-6,9-10H2,1-2H3. The number of sulfonamides is 1. The first-order chi connectivity index (χ1) is 9.98. The smallest absolute Gasteiger partial charge is 0.243 e. The predicted molar refractivity (Wildman–Crippen MR) is 78.3 cm³/mol. The number of likely N-dealkylation sites (N-methyl/N-ethyl adjacent to an activating group) is 1. The summed E-state index contributed by atoms with van der Waals surface area (Å²) in [6, 6.07) is 6.65. The monoisotopic (exact) mass is 309 g/mol. The predicted octanol–water partition coefficient (Wildman–Crippen LogP) is 0.476. The molecule has 7 heteroatoms. The number of aryl methyl sites for hydroxylation is 1. The highest BCUT2D eigenvalue weighted by atomic mass is 32.2. The molecule has 0 spiro atoms. The van der Waals surface area contributed by atoms with E-state index in [1.165, 1.54) is 16.4 Å². The van der Waals surface area contributed by atoms with E-state index in [9.17, 15) is 8.42 Å².